The van der Waals surface area contributed by atoms with Gasteiger partial charge in [0.1, 0.15) is 12.7 Å². The minimum Gasteiger partial charge on any atom is -0.361 e. The average Bonchev–Trinajstić information content (AvgIpc) is 3.57. The quantitative estimate of drug-likeness (QED) is 0.499. The van der Waals surface area contributed by atoms with Crippen LogP contribution in [0.3, 0.4) is 0 Å². The van der Waals surface area contributed by atoms with Gasteiger partial charge in [-0.25, -0.2) is 0 Å². The molecule has 1 saturated heterocycles. The third kappa shape index (κ3) is 4.78. The normalized spacial score (nSPS) is 22.6. The number of amides is 1. The van der Waals surface area contributed by atoms with Crippen LogP contribution in [0.15, 0.2) is 48.5 Å². The maximum absolute atomic E-state index is 13.2. The Labute approximate surface area is 191 Å². The first kappa shape index (κ1) is 21.5. The van der Waals surface area contributed by atoms with Gasteiger partial charge in [0.05, 0.1) is 17.9 Å². The Kier molecular flexibility index (Phi) is 6.90. The van der Waals surface area contributed by atoms with Gasteiger partial charge in [0.15, 0.2) is 0 Å². The molecule has 0 spiro atoms. The number of nitrogens with zero attached hydrogens (tertiary/aromatic N) is 2. The summed E-state index contributed by atoms with van der Waals surface area (Å²) in [6.07, 6.45) is 1.89. The Morgan fingerprint density at radius 3 is 2.57 bits per heavy atom. The fraction of sp³-hybridized carbons (Fsp3) is 0.391. The molecular weight excluding hydrogens is 439 g/mol. The third-order valence-corrected chi connectivity index (χ3v) is 7.03. The molecule has 0 radical (unpaired) electrons. The summed E-state index contributed by atoms with van der Waals surface area (Å²) >= 11 is 14.0. The Hall–Kier alpha value is -1.71. The van der Waals surface area contributed by atoms with E-state index in [-0.39, 0.29) is 30.7 Å². The van der Waals surface area contributed by atoms with E-state index in [4.69, 9.17) is 33.2 Å². The smallest absolute Gasteiger partial charge is 0.249 e. The van der Waals surface area contributed by atoms with Crippen LogP contribution in [0, 0.1) is 17.2 Å². The summed E-state index contributed by atoms with van der Waals surface area (Å²) in [5.41, 5.74) is 1.92. The van der Waals surface area contributed by atoms with E-state index in [0.29, 0.717) is 21.7 Å². The van der Waals surface area contributed by atoms with Crippen LogP contribution in [0.1, 0.15) is 36.1 Å². The maximum atomic E-state index is 13.2. The lowest BCUT2D eigenvalue weighted by Crippen LogP contribution is -2.52. The van der Waals surface area contributed by atoms with Crippen molar-refractivity contribution in [1.82, 2.24) is 4.90 Å². The van der Waals surface area contributed by atoms with Crippen molar-refractivity contribution in [3.05, 3.63) is 69.7 Å². The topological polar surface area (TPSA) is 53.3 Å². The number of halogens is 2. The van der Waals surface area contributed by atoms with E-state index in [1.165, 1.54) is 0 Å². The minimum atomic E-state index is -0.329. The second kappa shape index (κ2) is 9.62. The first-order chi connectivity index (χ1) is 14.6. The van der Waals surface area contributed by atoms with Crippen LogP contribution in [-0.2, 0) is 9.53 Å². The van der Waals surface area contributed by atoms with E-state index in [9.17, 15) is 4.79 Å². The molecule has 156 valence electrons. The van der Waals surface area contributed by atoms with Gasteiger partial charge >= 0.3 is 0 Å². The summed E-state index contributed by atoms with van der Waals surface area (Å²) in [7, 11) is 0. The van der Waals surface area contributed by atoms with E-state index >= 15 is 0 Å². The van der Waals surface area contributed by atoms with Crippen LogP contribution < -0.4 is 0 Å². The zero-order valence-electron chi connectivity index (χ0n) is 16.3. The maximum Gasteiger partial charge on any atom is 0.249 e. The van der Waals surface area contributed by atoms with E-state index < -0.39 is 0 Å². The van der Waals surface area contributed by atoms with E-state index in [2.05, 4.69) is 6.07 Å². The van der Waals surface area contributed by atoms with Gasteiger partial charge in [-0.05, 0) is 54.2 Å². The number of ether oxygens (including phenoxy) is 1. The molecule has 1 aliphatic heterocycles. The van der Waals surface area contributed by atoms with Gasteiger partial charge in [0, 0.05) is 21.8 Å². The molecule has 0 N–H and O–H groups in total. The molecule has 7 heteroatoms. The number of benzene rings is 2. The van der Waals surface area contributed by atoms with Crippen LogP contribution >= 0.6 is 35.0 Å². The first-order valence-corrected chi connectivity index (χ1v) is 11.9. The first-order valence-electron chi connectivity index (χ1n) is 9.97. The molecule has 2 fully saturated rings. The fourth-order valence-electron chi connectivity index (χ4n) is 4.13. The predicted molar refractivity (Wildman–Crippen MR) is 121 cm³/mol. The van der Waals surface area contributed by atoms with Crippen molar-refractivity contribution < 1.29 is 9.53 Å². The summed E-state index contributed by atoms with van der Waals surface area (Å²) in [5.74, 6) is 1.62. The summed E-state index contributed by atoms with van der Waals surface area (Å²) in [6.45, 7) is 0.0351. The van der Waals surface area contributed by atoms with Gasteiger partial charge in [0.25, 0.3) is 0 Å². The standard InChI is InChI=1S/C23H22Cl2N2O2S/c24-18-8-6-16(7-9-18)22-23(17-2-1-3-19(25)12-17)29-13-21(28)27(22)20(15-4-5-15)14-30-11-10-26/h1-3,6-9,12,15,20,22-23H,4-5,11,13-14H2. The molecule has 0 bridgehead atoms. The molecule has 1 heterocycles. The van der Waals surface area contributed by atoms with Crippen LogP contribution in [0.2, 0.25) is 10.0 Å². The molecule has 1 aliphatic carbocycles. The van der Waals surface area contributed by atoms with Gasteiger partial charge in [-0.1, -0.05) is 47.5 Å². The highest BCUT2D eigenvalue weighted by Gasteiger charge is 2.46. The van der Waals surface area contributed by atoms with E-state index in [1.807, 2.05) is 53.4 Å². The van der Waals surface area contributed by atoms with Crippen molar-refractivity contribution in [2.45, 2.75) is 31.0 Å². The summed E-state index contributed by atoms with van der Waals surface area (Å²) in [5, 5.41) is 10.3. The van der Waals surface area contributed by atoms with Crippen molar-refractivity contribution in [2.75, 3.05) is 18.1 Å². The average molecular weight is 461 g/mol. The molecule has 3 atom stereocenters. The van der Waals surface area contributed by atoms with Gasteiger partial charge in [-0.15, -0.1) is 11.8 Å². The molecule has 2 aromatic carbocycles. The highest BCUT2D eigenvalue weighted by Crippen LogP contribution is 2.46. The molecule has 4 nitrogen and oxygen atoms in total. The number of hydrogen-bond acceptors (Lipinski definition) is 4. The molecular formula is C23H22Cl2N2O2S. The zero-order chi connectivity index (χ0) is 21.1. The van der Waals surface area contributed by atoms with E-state index in [1.54, 1.807) is 11.8 Å². The Morgan fingerprint density at radius 2 is 1.90 bits per heavy atom. The molecule has 3 unspecified atom stereocenters. The number of carbonyl (C=O) groups excluding carboxylic acids is 1. The number of morpholine rings is 1. The molecule has 4 rings (SSSR count). The van der Waals surface area contributed by atoms with Gasteiger partial charge in [0.2, 0.25) is 5.91 Å². The molecule has 0 aromatic heterocycles. The summed E-state index contributed by atoms with van der Waals surface area (Å²) < 4.78 is 6.09. The lowest BCUT2D eigenvalue weighted by molar-refractivity contribution is -0.163. The Balaban J connectivity index is 1.75. The number of carbonyl (C=O) groups is 1. The lowest BCUT2D eigenvalue weighted by atomic mass is 9.91. The predicted octanol–water partition coefficient (Wildman–Crippen LogP) is 5.67. The van der Waals surface area contributed by atoms with Crippen molar-refractivity contribution in [3.8, 4) is 6.07 Å². The number of rotatable bonds is 7. The van der Waals surface area contributed by atoms with Gasteiger partial charge in [-0.3, -0.25) is 4.79 Å². The summed E-state index contributed by atoms with van der Waals surface area (Å²) in [4.78, 5) is 15.2. The second-order valence-corrected chi connectivity index (χ2v) is 9.57. The van der Waals surface area contributed by atoms with Crippen molar-refractivity contribution in [2.24, 2.45) is 5.92 Å². The van der Waals surface area contributed by atoms with Crippen LogP contribution in [-0.4, -0.2) is 35.0 Å². The van der Waals surface area contributed by atoms with Crippen molar-refractivity contribution in [3.63, 3.8) is 0 Å². The zero-order valence-corrected chi connectivity index (χ0v) is 18.7. The lowest BCUT2D eigenvalue weighted by Gasteiger charge is -2.45. The second-order valence-electron chi connectivity index (χ2n) is 7.66. The van der Waals surface area contributed by atoms with Crippen LogP contribution in [0.25, 0.3) is 0 Å². The number of thioether (sulfide) groups is 1. The SMILES string of the molecule is N#CCSCC(C1CC1)N1C(=O)COC(c2cccc(Cl)c2)C1c1ccc(Cl)cc1. The highest BCUT2D eigenvalue weighted by molar-refractivity contribution is 7.99. The minimum absolute atomic E-state index is 0.0114. The Morgan fingerprint density at radius 1 is 1.13 bits per heavy atom. The van der Waals surface area contributed by atoms with Crippen LogP contribution in [0.4, 0.5) is 0 Å². The van der Waals surface area contributed by atoms with Crippen LogP contribution in [0.5, 0.6) is 0 Å². The third-order valence-electron chi connectivity index (χ3n) is 5.63. The van der Waals surface area contributed by atoms with Gasteiger partial charge in [-0.2, -0.15) is 5.26 Å². The van der Waals surface area contributed by atoms with E-state index in [0.717, 1.165) is 29.7 Å². The number of hydrogen-bond donors (Lipinski definition) is 0. The molecule has 30 heavy (non-hydrogen) atoms. The van der Waals surface area contributed by atoms with Crippen molar-refractivity contribution in [1.29, 1.82) is 5.26 Å². The highest BCUT2D eigenvalue weighted by atomic mass is 35.5. The van der Waals surface area contributed by atoms with Gasteiger partial charge < -0.3 is 9.64 Å². The Bertz CT molecular complexity index is 943. The molecule has 2 aromatic rings. The monoisotopic (exact) mass is 460 g/mol. The van der Waals surface area contributed by atoms with Crippen molar-refractivity contribution >= 4 is 40.9 Å². The fourth-order valence-corrected chi connectivity index (χ4v) is 5.33. The molecule has 1 saturated carbocycles. The molecule has 1 amide bonds. The largest absolute Gasteiger partial charge is 0.361 e. The summed E-state index contributed by atoms with van der Waals surface area (Å²) in [6, 6.07) is 17.2. The molecule has 2 aliphatic rings. The number of nitriles is 1.